The molecule has 1 saturated heterocycles. The van der Waals surface area contributed by atoms with Gasteiger partial charge in [-0.2, -0.15) is 0 Å². The molecule has 0 saturated carbocycles. The molecule has 11 nitrogen and oxygen atoms in total. The van der Waals surface area contributed by atoms with Crippen molar-refractivity contribution >= 4 is 17.9 Å². The van der Waals surface area contributed by atoms with Crippen LogP contribution in [0.3, 0.4) is 0 Å². The Balaban J connectivity index is 2.35. The molecule has 0 bridgehead atoms. The summed E-state index contributed by atoms with van der Waals surface area (Å²) in [6, 6.07) is 8.52. The SMILES string of the molecule is CC(=O)OC[C@H]1O[C@@H](N=[N+]=[N-])[C@H](NCc2ccccc2)[C@@H](OC(C)=O)[C@@H]1OC(C)=O. The monoisotopic (exact) mass is 420 g/mol. The molecule has 1 aromatic rings. The molecule has 1 aromatic carbocycles. The summed E-state index contributed by atoms with van der Waals surface area (Å²) in [5, 5.41) is 6.80. The molecule has 1 aliphatic rings. The molecule has 30 heavy (non-hydrogen) atoms. The first kappa shape index (κ1) is 23.1. The van der Waals surface area contributed by atoms with Gasteiger partial charge in [0, 0.05) is 32.2 Å². The molecule has 1 aliphatic heterocycles. The van der Waals surface area contributed by atoms with E-state index < -0.39 is 48.5 Å². The molecule has 0 radical (unpaired) electrons. The molecule has 2 rings (SSSR count). The first-order valence-electron chi connectivity index (χ1n) is 9.26. The molecule has 0 spiro atoms. The molecule has 1 N–H and O–H groups in total. The van der Waals surface area contributed by atoms with Gasteiger partial charge in [-0.15, -0.1) is 0 Å². The summed E-state index contributed by atoms with van der Waals surface area (Å²) in [6.07, 6.45) is -4.27. The minimum Gasteiger partial charge on any atom is -0.463 e. The van der Waals surface area contributed by atoms with Crippen LogP contribution in [0.2, 0.25) is 0 Å². The number of carbonyl (C=O) groups excluding carboxylic acids is 3. The zero-order chi connectivity index (χ0) is 22.1. The number of esters is 3. The predicted octanol–water partition coefficient (Wildman–Crippen LogP) is 1.61. The topological polar surface area (TPSA) is 149 Å². The lowest BCUT2D eigenvalue weighted by atomic mass is 9.95. The number of hydrogen-bond acceptors (Lipinski definition) is 9. The molecule has 1 heterocycles. The van der Waals surface area contributed by atoms with Crippen LogP contribution < -0.4 is 5.32 Å². The van der Waals surface area contributed by atoms with Crippen LogP contribution in [-0.4, -0.2) is 55.1 Å². The third-order valence-electron chi connectivity index (χ3n) is 4.27. The number of ether oxygens (including phenoxy) is 4. The highest BCUT2D eigenvalue weighted by Gasteiger charge is 2.49. The van der Waals surface area contributed by atoms with Crippen molar-refractivity contribution in [3.63, 3.8) is 0 Å². The highest BCUT2D eigenvalue weighted by Crippen LogP contribution is 2.28. The Morgan fingerprint density at radius 2 is 1.70 bits per heavy atom. The Bertz CT molecular complexity index is 797. The number of hydrogen-bond donors (Lipinski definition) is 1. The Hall–Kier alpha value is -3.14. The van der Waals surface area contributed by atoms with E-state index in [0.717, 1.165) is 5.56 Å². The van der Waals surface area contributed by atoms with Crippen LogP contribution in [0.1, 0.15) is 26.3 Å². The second-order valence-electron chi connectivity index (χ2n) is 6.61. The van der Waals surface area contributed by atoms with Crippen LogP contribution >= 0.6 is 0 Å². The standard InChI is InChI=1S/C19H24N4O7/c1-11(24)27-10-15-17(28-12(2)25)18(29-13(3)26)16(19(30-15)22-23-20)21-9-14-7-5-4-6-8-14/h4-8,15-19,21H,9-10H2,1-3H3/t15-,16-,17-,18-,19-/m1/s1. The van der Waals surface area contributed by atoms with E-state index in [1.54, 1.807) is 0 Å². The average Bonchev–Trinajstić information content (AvgIpc) is 2.68. The Morgan fingerprint density at radius 3 is 2.27 bits per heavy atom. The van der Waals surface area contributed by atoms with Crippen LogP contribution in [0.15, 0.2) is 35.4 Å². The first-order chi connectivity index (χ1) is 14.3. The number of nitrogens with zero attached hydrogens (tertiary/aromatic N) is 3. The van der Waals surface area contributed by atoms with Crippen molar-refractivity contribution in [2.24, 2.45) is 5.11 Å². The minimum atomic E-state index is -1.12. The molecular formula is C19H24N4O7. The molecule has 0 aliphatic carbocycles. The largest absolute Gasteiger partial charge is 0.463 e. The highest BCUT2D eigenvalue weighted by molar-refractivity contribution is 5.68. The van der Waals surface area contributed by atoms with Crippen molar-refractivity contribution in [2.75, 3.05) is 6.61 Å². The maximum Gasteiger partial charge on any atom is 0.303 e. The molecule has 0 unspecified atom stereocenters. The Morgan fingerprint density at radius 1 is 1.07 bits per heavy atom. The van der Waals surface area contributed by atoms with E-state index in [4.69, 9.17) is 24.5 Å². The molecule has 162 valence electrons. The summed E-state index contributed by atoms with van der Waals surface area (Å²) < 4.78 is 21.5. The maximum atomic E-state index is 11.8. The van der Waals surface area contributed by atoms with Crippen LogP contribution in [0.4, 0.5) is 0 Å². The third kappa shape index (κ3) is 6.73. The highest BCUT2D eigenvalue weighted by atomic mass is 16.6. The number of carbonyl (C=O) groups is 3. The van der Waals surface area contributed by atoms with Gasteiger partial charge in [0.25, 0.3) is 0 Å². The van der Waals surface area contributed by atoms with E-state index in [0.29, 0.717) is 6.54 Å². The lowest BCUT2D eigenvalue weighted by molar-refractivity contribution is -0.223. The minimum absolute atomic E-state index is 0.284. The normalized spacial score (nSPS) is 25.5. The second kappa shape index (κ2) is 11.1. The van der Waals surface area contributed by atoms with Gasteiger partial charge in [0.2, 0.25) is 0 Å². The number of rotatable bonds is 8. The smallest absolute Gasteiger partial charge is 0.303 e. The predicted molar refractivity (Wildman–Crippen MR) is 103 cm³/mol. The van der Waals surface area contributed by atoms with Gasteiger partial charge >= 0.3 is 17.9 Å². The summed E-state index contributed by atoms with van der Waals surface area (Å²) in [7, 11) is 0. The Labute approximate surface area is 173 Å². The quantitative estimate of drug-likeness (QED) is 0.219. The average molecular weight is 420 g/mol. The number of nitrogens with one attached hydrogen (secondary N) is 1. The fraction of sp³-hybridized carbons (Fsp3) is 0.526. The molecule has 1 fully saturated rings. The molecule has 0 aromatic heterocycles. The van der Waals surface area contributed by atoms with Crippen LogP contribution in [0, 0.1) is 0 Å². The third-order valence-corrected chi connectivity index (χ3v) is 4.27. The lowest BCUT2D eigenvalue weighted by Crippen LogP contribution is -2.64. The van der Waals surface area contributed by atoms with E-state index in [-0.39, 0.29) is 6.61 Å². The van der Waals surface area contributed by atoms with Gasteiger partial charge in [0.15, 0.2) is 18.4 Å². The van der Waals surface area contributed by atoms with Gasteiger partial charge in [-0.3, -0.25) is 14.4 Å². The molecule has 0 amide bonds. The van der Waals surface area contributed by atoms with Crippen molar-refractivity contribution in [1.82, 2.24) is 5.32 Å². The van der Waals surface area contributed by atoms with Gasteiger partial charge in [0.05, 0.1) is 6.04 Å². The van der Waals surface area contributed by atoms with Crippen molar-refractivity contribution in [1.29, 1.82) is 0 Å². The van der Waals surface area contributed by atoms with Crippen LogP contribution in [0.5, 0.6) is 0 Å². The van der Waals surface area contributed by atoms with Crippen molar-refractivity contribution in [3.8, 4) is 0 Å². The van der Waals surface area contributed by atoms with E-state index in [1.165, 1.54) is 20.8 Å². The summed E-state index contributed by atoms with van der Waals surface area (Å²) >= 11 is 0. The summed E-state index contributed by atoms with van der Waals surface area (Å²) in [5.41, 5.74) is 9.90. The van der Waals surface area contributed by atoms with Gasteiger partial charge in [-0.1, -0.05) is 35.4 Å². The zero-order valence-corrected chi connectivity index (χ0v) is 16.9. The Kier molecular flexibility index (Phi) is 8.60. The zero-order valence-electron chi connectivity index (χ0n) is 16.9. The fourth-order valence-electron chi connectivity index (χ4n) is 3.12. The van der Waals surface area contributed by atoms with E-state index in [1.807, 2.05) is 30.3 Å². The first-order valence-corrected chi connectivity index (χ1v) is 9.26. The van der Waals surface area contributed by atoms with Gasteiger partial charge in [-0.05, 0) is 11.1 Å². The summed E-state index contributed by atoms with van der Waals surface area (Å²) in [6.45, 7) is 3.67. The number of azide groups is 1. The molecular weight excluding hydrogens is 396 g/mol. The van der Waals surface area contributed by atoms with Gasteiger partial charge in [0.1, 0.15) is 12.7 Å². The van der Waals surface area contributed by atoms with Gasteiger partial charge < -0.3 is 24.3 Å². The van der Waals surface area contributed by atoms with Gasteiger partial charge in [-0.25, -0.2) is 0 Å². The van der Waals surface area contributed by atoms with E-state index in [2.05, 4.69) is 15.3 Å². The lowest BCUT2D eigenvalue weighted by Gasteiger charge is -2.44. The van der Waals surface area contributed by atoms with Crippen molar-refractivity contribution < 1.29 is 33.3 Å². The second-order valence-corrected chi connectivity index (χ2v) is 6.61. The van der Waals surface area contributed by atoms with E-state index >= 15 is 0 Å². The summed E-state index contributed by atoms with van der Waals surface area (Å²) in [4.78, 5) is 37.5. The maximum absolute atomic E-state index is 11.8. The van der Waals surface area contributed by atoms with Crippen molar-refractivity contribution in [3.05, 3.63) is 46.3 Å². The van der Waals surface area contributed by atoms with Crippen LogP contribution in [-0.2, 0) is 39.9 Å². The van der Waals surface area contributed by atoms with Crippen LogP contribution in [0.25, 0.3) is 10.4 Å². The molecule has 11 heteroatoms. The molecule has 5 atom stereocenters. The van der Waals surface area contributed by atoms with Crippen molar-refractivity contribution in [2.45, 2.75) is 57.9 Å². The fourth-order valence-corrected chi connectivity index (χ4v) is 3.12. The summed E-state index contributed by atoms with van der Waals surface area (Å²) in [5.74, 6) is -1.84. The van der Waals surface area contributed by atoms with E-state index in [9.17, 15) is 14.4 Å². The number of benzene rings is 1.